The quantitative estimate of drug-likeness (QED) is 0.598. The van der Waals surface area contributed by atoms with Crippen molar-refractivity contribution in [2.24, 2.45) is 5.92 Å². The fourth-order valence-electron chi connectivity index (χ4n) is 3.98. The molecule has 0 spiro atoms. The van der Waals surface area contributed by atoms with E-state index in [-0.39, 0.29) is 23.7 Å². The summed E-state index contributed by atoms with van der Waals surface area (Å²) >= 11 is 0. The monoisotopic (exact) mass is 442 g/mol. The molecule has 4 rings (SSSR count). The Morgan fingerprint density at radius 3 is 2.88 bits per heavy atom. The fourth-order valence-corrected chi connectivity index (χ4v) is 3.98. The van der Waals surface area contributed by atoms with Crippen LogP contribution in [0.15, 0.2) is 42.7 Å². The minimum absolute atomic E-state index is 0.0373. The van der Waals surface area contributed by atoms with Crippen LogP contribution in [0.4, 0.5) is 13.2 Å². The van der Waals surface area contributed by atoms with E-state index in [0.29, 0.717) is 25.1 Å². The van der Waals surface area contributed by atoms with Gasteiger partial charge < -0.3 is 14.6 Å². The minimum atomic E-state index is -4.46. The molecule has 166 valence electrons. The van der Waals surface area contributed by atoms with Gasteiger partial charge in [-0.25, -0.2) is 4.98 Å². The van der Waals surface area contributed by atoms with Crippen LogP contribution in [-0.4, -0.2) is 33.4 Å². The molecule has 0 saturated carbocycles. The van der Waals surface area contributed by atoms with E-state index in [1.165, 1.54) is 6.07 Å². The molecule has 1 aromatic carbocycles. The third-order valence-electron chi connectivity index (χ3n) is 5.66. The van der Waals surface area contributed by atoms with Gasteiger partial charge in [0.05, 0.1) is 11.6 Å². The molecule has 2 aromatic heterocycles. The Bertz CT molecular complexity index is 1160. The third kappa shape index (κ3) is 4.40. The van der Waals surface area contributed by atoms with Crippen LogP contribution >= 0.6 is 0 Å². The number of nitrogens with zero attached hydrogens (tertiary/aromatic N) is 3. The van der Waals surface area contributed by atoms with E-state index in [4.69, 9.17) is 4.74 Å². The minimum Gasteiger partial charge on any atom is -0.439 e. The number of nitriles is 1. The largest absolute Gasteiger partial charge is 0.439 e. The fraction of sp³-hybridized carbons (Fsp3) is 0.348. The van der Waals surface area contributed by atoms with Crippen molar-refractivity contribution in [2.45, 2.75) is 38.4 Å². The van der Waals surface area contributed by atoms with E-state index in [9.17, 15) is 23.2 Å². The maximum atomic E-state index is 12.8. The second kappa shape index (κ2) is 8.54. The first-order valence-electron chi connectivity index (χ1n) is 10.3. The zero-order valence-corrected chi connectivity index (χ0v) is 17.3. The number of halogens is 3. The van der Waals surface area contributed by atoms with Crippen LogP contribution in [0, 0.1) is 17.2 Å². The number of hydrogen-bond donors (Lipinski definition) is 1. The molecule has 1 amide bonds. The lowest BCUT2D eigenvalue weighted by atomic mass is 9.99. The van der Waals surface area contributed by atoms with Crippen molar-refractivity contribution in [3.63, 3.8) is 0 Å². The predicted molar refractivity (Wildman–Crippen MR) is 111 cm³/mol. The summed E-state index contributed by atoms with van der Waals surface area (Å²) in [6.07, 6.45) is 0.135. The zero-order chi connectivity index (χ0) is 22.9. The predicted octanol–water partition coefficient (Wildman–Crippen LogP) is 5.07. The second-order valence-corrected chi connectivity index (χ2v) is 7.93. The summed E-state index contributed by atoms with van der Waals surface area (Å²) in [5.74, 6) is 0.136. The summed E-state index contributed by atoms with van der Waals surface area (Å²) < 4.78 is 43.7. The Hall–Kier alpha value is -3.54. The topological polar surface area (TPSA) is 82.0 Å². The van der Waals surface area contributed by atoms with Gasteiger partial charge in [-0.2, -0.15) is 18.4 Å². The van der Waals surface area contributed by atoms with Gasteiger partial charge >= 0.3 is 6.18 Å². The number of benzene rings is 1. The number of hydrogen-bond acceptors (Lipinski definition) is 4. The molecule has 0 bridgehead atoms. The second-order valence-electron chi connectivity index (χ2n) is 7.93. The number of amides is 1. The van der Waals surface area contributed by atoms with Gasteiger partial charge in [0.2, 0.25) is 11.8 Å². The number of aromatic amines is 1. The molecule has 3 aromatic rings. The van der Waals surface area contributed by atoms with E-state index in [1.54, 1.807) is 23.1 Å². The highest BCUT2D eigenvalue weighted by molar-refractivity contribution is 5.86. The van der Waals surface area contributed by atoms with Crippen LogP contribution in [0.1, 0.15) is 30.9 Å². The third-order valence-corrected chi connectivity index (χ3v) is 5.66. The Kier molecular flexibility index (Phi) is 5.78. The summed E-state index contributed by atoms with van der Waals surface area (Å²) in [4.78, 5) is 21.4. The highest BCUT2D eigenvalue weighted by Crippen LogP contribution is 2.32. The molecule has 1 saturated heterocycles. The molecule has 2 atom stereocenters. The van der Waals surface area contributed by atoms with Gasteiger partial charge in [0, 0.05) is 41.8 Å². The lowest BCUT2D eigenvalue weighted by Crippen LogP contribution is -2.38. The van der Waals surface area contributed by atoms with E-state index in [2.05, 4.69) is 16.0 Å². The lowest BCUT2D eigenvalue weighted by molar-refractivity contribution is -0.138. The highest BCUT2D eigenvalue weighted by Gasteiger charge is 2.32. The van der Waals surface area contributed by atoms with E-state index in [1.807, 2.05) is 13.1 Å². The number of alkyl halides is 3. The van der Waals surface area contributed by atoms with Gasteiger partial charge in [-0.1, -0.05) is 6.92 Å². The van der Waals surface area contributed by atoms with Crippen LogP contribution in [0.5, 0.6) is 11.6 Å². The Morgan fingerprint density at radius 2 is 2.19 bits per heavy atom. The smallest absolute Gasteiger partial charge is 0.417 e. The molecule has 3 heterocycles. The Labute approximate surface area is 182 Å². The van der Waals surface area contributed by atoms with Gasteiger partial charge in [0.15, 0.2) is 0 Å². The number of aromatic nitrogens is 2. The summed E-state index contributed by atoms with van der Waals surface area (Å²) in [6, 6.07) is 9.20. The van der Waals surface area contributed by atoms with Gasteiger partial charge in [0.1, 0.15) is 11.8 Å². The number of carbonyl (C=O) groups is 1. The van der Waals surface area contributed by atoms with Crippen molar-refractivity contribution in [1.82, 2.24) is 14.9 Å². The van der Waals surface area contributed by atoms with Crippen LogP contribution < -0.4 is 4.74 Å². The maximum absolute atomic E-state index is 12.8. The molecule has 1 N–H and O–H groups in total. The standard InChI is InChI=1S/C23H21F3N4O2/c1-14(22(31)30-8-2-3-17(30)11-27)9-15-12-28-20-6-5-18(10-19(15)20)32-21-7-4-16(13-29-21)23(24,25)26/h4-7,10,12-14,17,28H,2-3,8-9H2,1H3/t14-,17-/m0/s1. The summed E-state index contributed by atoms with van der Waals surface area (Å²) in [7, 11) is 0. The van der Waals surface area contributed by atoms with Gasteiger partial charge in [-0.05, 0) is 49.1 Å². The molecular weight excluding hydrogens is 421 g/mol. The zero-order valence-electron chi connectivity index (χ0n) is 17.3. The van der Waals surface area contributed by atoms with Crippen LogP contribution in [0.3, 0.4) is 0 Å². The molecule has 1 aliphatic heterocycles. The van der Waals surface area contributed by atoms with E-state index >= 15 is 0 Å². The normalized spacial score (nSPS) is 17.3. The number of likely N-dealkylation sites (tertiary alicyclic amines) is 1. The van der Waals surface area contributed by atoms with Crippen LogP contribution in [-0.2, 0) is 17.4 Å². The number of H-pyrrole nitrogens is 1. The molecular formula is C23H21F3N4O2. The Morgan fingerprint density at radius 1 is 1.38 bits per heavy atom. The van der Waals surface area contributed by atoms with E-state index in [0.717, 1.165) is 35.2 Å². The average molecular weight is 442 g/mol. The number of carbonyl (C=O) groups excluding carboxylic acids is 1. The average Bonchev–Trinajstić information content (AvgIpc) is 3.40. The first-order chi connectivity index (χ1) is 15.3. The number of ether oxygens (including phenoxy) is 1. The van der Waals surface area contributed by atoms with Crippen LogP contribution in [0.25, 0.3) is 10.9 Å². The van der Waals surface area contributed by atoms with Crippen molar-refractivity contribution in [1.29, 1.82) is 5.26 Å². The molecule has 9 heteroatoms. The summed E-state index contributed by atoms with van der Waals surface area (Å²) in [6.45, 7) is 2.45. The molecule has 0 unspecified atom stereocenters. The van der Waals surface area contributed by atoms with Crippen LogP contribution in [0.2, 0.25) is 0 Å². The van der Waals surface area contributed by atoms with Gasteiger partial charge in [-0.15, -0.1) is 0 Å². The maximum Gasteiger partial charge on any atom is 0.417 e. The number of pyridine rings is 1. The van der Waals surface area contributed by atoms with Crippen molar-refractivity contribution < 1.29 is 22.7 Å². The molecule has 1 aliphatic rings. The van der Waals surface area contributed by atoms with Crippen molar-refractivity contribution >= 4 is 16.8 Å². The van der Waals surface area contributed by atoms with Crippen molar-refractivity contribution in [3.05, 3.63) is 53.9 Å². The molecule has 32 heavy (non-hydrogen) atoms. The number of nitrogens with one attached hydrogen (secondary N) is 1. The summed E-state index contributed by atoms with van der Waals surface area (Å²) in [5.41, 5.74) is 0.923. The number of rotatable bonds is 5. The molecule has 1 fully saturated rings. The number of fused-ring (bicyclic) bond motifs is 1. The van der Waals surface area contributed by atoms with Crippen molar-refractivity contribution in [2.75, 3.05) is 6.54 Å². The molecule has 0 aliphatic carbocycles. The summed E-state index contributed by atoms with van der Waals surface area (Å²) in [5, 5.41) is 10.1. The first kappa shape index (κ1) is 21.7. The lowest BCUT2D eigenvalue weighted by Gasteiger charge is -2.23. The highest BCUT2D eigenvalue weighted by atomic mass is 19.4. The molecule has 6 nitrogen and oxygen atoms in total. The Balaban J connectivity index is 1.50. The van der Waals surface area contributed by atoms with Gasteiger partial charge in [0.25, 0.3) is 0 Å². The molecule has 0 radical (unpaired) electrons. The van der Waals surface area contributed by atoms with Gasteiger partial charge in [-0.3, -0.25) is 4.79 Å². The SMILES string of the molecule is C[C@@H](Cc1c[nH]c2ccc(Oc3ccc(C(F)(F)F)cn3)cc12)C(=O)N1CCC[C@H]1C#N. The van der Waals surface area contributed by atoms with E-state index < -0.39 is 11.7 Å². The van der Waals surface area contributed by atoms with Crippen molar-refractivity contribution in [3.8, 4) is 17.7 Å². The first-order valence-corrected chi connectivity index (χ1v) is 10.3.